The van der Waals surface area contributed by atoms with Crippen molar-refractivity contribution in [2.24, 2.45) is 17.8 Å². The maximum absolute atomic E-state index is 14.9. The Bertz CT molecular complexity index is 3250. The molecule has 0 bridgehead atoms. The number of benzene rings is 2. The number of nitrogens with zero attached hydrogens (tertiary/aromatic N) is 9. The van der Waals surface area contributed by atoms with Gasteiger partial charge in [-0.1, -0.05) is 89.4 Å². The lowest BCUT2D eigenvalue weighted by Gasteiger charge is -2.43. The first-order valence-electron chi connectivity index (χ1n) is 34.5. The van der Waals surface area contributed by atoms with Gasteiger partial charge in [-0.15, -0.1) is 0 Å². The summed E-state index contributed by atoms with van der Waals surface area (Å²) in [4.78, 5) is 186. The Morgan fingerprint density at radius 1 is 0.606 bits per heavy atom. The maximum Gasteiger partial charge on any atom is 0.417 e. The molecule has 0 aliphatic carbocycles. The molecule has 9 atom stereocenters. The Morgan fingerprint density at radius 2 is 1.25 bits per heavy atom. The standard InChI is InChI=1S/C70H101Cl2F3N12O12/c1-13-44(6)60-68(98)80(8)41-59(91)86-35-30-52(86)66(96)82(10)54(38-46-22-26-47(71)27-23-46)65(95)79(7)40-56(88)77-50(29-25-45-24-28-48(49(72)37-45)70(73,74)75)64(94)87-34-19-20-51(87)62(92)76-31-16-15-21-57(89)84(12)61(43(4)5)69(99)83(11)55(67(97)85-32-17-14-18-33-85)39-58(90)81(9)53(36-42(2)3)63(93)78-60/h22-24,26-28,37,42-44,50-55,60-61H,13-21,25,29-36,38-41H2,1-12H3,(H,76,92)(H,77,88)(H,78,93)/t44-,50-,51-,52-,53-,54-,55-,60-,61-/m0/s1. The summed E-state index contributed by atoms with van der Waals surface area (Å²) in [7, 11) is 8.45. The van der Waals surface area contributed by atoms with Crippen molar-refractivity contribution in [3.63, 3.8) is 0 Å². The fraction of sp³-hybridized carbons (Fsp3) is 0.657. The molecule has 2 aromatic carbocycles. The van der Waals surface area contributed by atoms with Crippen LogP contribution in [0.1, 0.15) is 142 Å². The van der Waals surface area contributed by atoms with Crippen LogP contribution in [0.15, 0.2) is 42.5 Å². The summed E-state index contributed by atoms with van der Waals surface area (Å²) in [5.74, 6) is -8.58. The van der Waals surface area contributed by atoms with E-state index in [2.05, 4.69) is 16.0 Å². The minimum atomic E-state index is -4.75. The topological polar surface area (TPSA) is 270 Å². The van der Waals surface area contributed by atoms with Gasteiger partial charge in [-0.25, -0.2) is 0 Å². The third-order valence-electron chi connectivity index (χ3n) is 19.7. The number of likely N-dealkylation sites (tertiary alicyclic amines) is 1. The first kappa shape index (κ1) is 80.4. The number of hydrogen-bond donors (Lipinski definition) is 3. The van der Waals surface area contributed by atoms with Crippen LogP contribution in [-0.2, 0) is 76.6 Å². The molecule has 6 rings (SSSR count). The molecule has 4 saturated heterocycles. The van der Waals surface area contributed by atoms with Gasteiger partial charge in [-0.3, -0.25) is 57.5 Å². The first-order valence-corrected chi connectivity index (χ1v) is 35.2. The Morgan fingerprint density at radius 3 is 1.85 bits per heavy atom. The van der Waals surface area contributed by atoms with E-state index in [0.29, 0.717) is 61.3 Å². The SMILES string of the molecule is CC[C@H](C)[C@@H]1NC(=O)[C@H](CC(C)C)N(C)C(=O)C[C@@H](C(=O)N2CCCCC2)N(C)C(=O)[C@H](C(C)C)N(C)C(=O)CCCCNC(=O)[C@@H]2CCCN2C(=O)[C@H](CCc2ccc(C(F)(F)F)c(Cl)c2)NC(=O)CN(C)C(=O)[C@H](Cc2ccc(Cl)cc2)N(C)C(=O)[C@@H]2CCN2C(=O)CN(C)C1=O. The van der Waals surface area contributed by atoms with Crippen molar-refractivity contribution in [2.75, 3.05) is 88.1 Å². The van der Waals surface area contributed by atoms with Gasteiger partial charge < -0.3 is 60.0 Å². The largest absolute Gasteiger partial charge is 0.417 e. The lowest BCUT2D eigenvalue weighted by molar-refractivity contribution is -0.157. The van der Waals surface area contributed by atoms with Gasteiger partial charge in [-0.2, -0.15) is 13.2 Å². The molecule has 4 heterocycles. The first-order chi connectivity index (χ1) is 46.6. The molecule has 4 fully saturated rings. The highest BCUT2D eigenvalue weighted by Gasteiger charge is 2.46. The number of amides is 12. The predicted octanol–water partition coefficient (Wildman–Crippen LogP) is 5.42. The Kier molecular flexibility index (Phi) is 29.4. The number of hydrogen-bond acceptors (Lipinski definition) is 12. The molecule has 29 heteroatoms. The zero-order valence-corrected chi connectivity index (χ0v) is 60.8. The number of carbonyl (C=O) groups is 12. The summed E-state index contributed by atoms with van der Waals surface area (Å²) < 4.78 is 41.2. The van der Waals surface area contributed by atoms with Gasteiger partial charge in [0.15, 0.2) is 0 Å². The number of carbonyl (C=O) groups excluding carboxylic acids is 12. The summed E-state index contributed by atoms with van der Waals surface area (Å²) in [5.41, 5.74) is -0.195. The second-order valence-electron chi connectivity index (χ2n) is 27.8. The molecule has 0 spiro atoms. The van der Waals surface area contributed by atoms with Crippen LogP contribution in [0.5, 0.6) is 0 Å². The van der Waals surface area contributed by atoms with Gasteiger partial charge in [0.1, 0.15) is 48.3 Å². The van der Waals surface area contributed by atoms with Gasteiger partial charge in [0.2, 0.25) is 70.9 Å². The highest BCUT2D eigenvalue weighted by atomic mass is 35.5. The van der Waals surface area contributed by atoms with E-state index in [1.165, 1.54) is 77.8 Å². The fourth-order valence-electron chi connectivity index (χ4n) is 13.3. The predicted molar refractivity (Wildman–Crippen MR) is 366 cm³/mol. The molecule has 99 heavy (non-hydrogen) atoms. The molecular formula is C70H101Cl2F3N12O12. The highest BCUT2D eigenvalue weighted by Crippen LogP contribution is 2.36. The summed E-state index contributed by atoms with van der Waals surface area (Å²) in [6.07, 6.45) is -1.50. The maximum atomic E-state index is 14.9. The van der Waals surface area contributed by atoms with Crippen LogP contribution < -0.4 is 16.0 Å². The smallest absolute Gasteiger partial charge is 0.354 e. The number of halogens is 5. The quantitative estimate of drug-likeness (QED) is 0.254. The highest BCUT2D eigenvalue weighted by molar-refractivity contribution is 6.31. The van der Waals surface area contributed by atoms with Crippen molar-refractivity contribution >= 4 is 94.1 Å². The van der Waals surface area contributed by atoms with E-state index >= 15 is 0 Å². The molecule has 2 aromatic rings. The van der Waals surface area contributed by atoms with Crippen molar-refractivity contribution in [1.82, 2.24) is 60.0 Å². The van der Waals surface area contributed by atoms with Crippen molar-refractivity contribution < 1.29 is 70.7 Å². The number of alkyl halides is 3. The Labute approximate surface area is 589 Å². The van der Waals surface area contributed by atoms with E-state index in [4.69, 9.17) is 23.2 Å². The van der Waals surface area contributed by atoms with Crippen molar-refractivity contribution in [2.45, 2.75) is 192 Å². The number of nitrogens with one attached hydrogen (secondary N) is 3. The molecule has 4 aliphatic rings. The number of piperidine rings is 1. The Hall–Kier alpha value is -7.55. The molecule has 12 amide bonds. The number of rotatable bonds is 11. The zero-order valence-electron chi connectivity index (χ0n) is 59.3. The third kappa shape index (κ3) is 21.0. The van der Waals surface area contributed by atoms with E-state index in [-0.39, 0.29) is 76.9 Å². The van der Waals surface area contributed by atoms with Gasteiger partial charge >= 0.3 is 6.18 Å². The summed E-state index contributed by atoms with van der Waals surface area (Å²) in [6.45, 7) is 10.7. The minimum Gasteiger partial charge on any atom is -0.354 e. The number of likely N-dealkylation sites (N-methyl/N-ethyl adjacent to an activating group) is 6. The molecule has 4 aliphatic heterocycles. The van der Waals surface area contributed by atoms with Gasteiger partial charge in [-0.05, 0) is 124 Å². The summed E-state index contributed by atoms with van der Waals surface area (Å²) >= 11 is 12.3. The van der Waals surface area contributed by atoms with Crippen LogP contribution in [0.25, 0.3) is 0 Å². The molecule has 24 nitrogen and oxygen atoms in total. The van der Waals surface area contributed by atoms with Crippen LogP contribution in [0, 0.1) is 17.8 Å². The van der Waals surface area contributed by atoms with Crippen LogP contribution >= 0.6 is 23.2 Å². The number of fused-ring (bicyclic) bond motifs is 2. The van der Waals surface area contributed by atoms with Gasteiger partial charge in [0, 0.05) is 92.9 Å². The second-order valence-corrected chi connectivity index (χ2v) is 28.6. The number of aryl methyl sites for hydroxylation is 1. The van der Waals surface area contributed by atoms with E-state index in [9.17, 15) is 70.7 Å². The second kappa shape index (κ2) is 36.2. The molecular weight excluding hydrogens is 1330 g/mol. The van der Waals surface area contributed by atoms with E-state index in [1.807, 2.05) is 20.8 Å². The fourth-order valence-corrected chi connectivity index (χ4v) is 13.8. The summed E-state index contributed by atoms with van der Waals surface area (Å²) in [5, 5.41) is 8.28. The average Bonchev–Trinajstić information content (AvgIpc) is 1.40. The van der Waals surface area contributed by atoms with E-state index in [1.54, 1.807) is 49.9 Å². The van der Waals surface area contributed by atoms with E-state index in [0.717, 1.165) is 28.4 Å². The minimum absolute atomic E-state index is 0.0551. The van der Waals surface area contributed by atoms with Crippen LogP contribution in [-0.4, -0.2) is 251 Å². The van der Waals surface area contributed by atoms with Gasteiger partial charge in [0.25, 0.3) is 0 Å². The summed E-state index contributed by atoms with van der Waals surface area (Å²) in [6, 6.07) is 0.0282. The third-order valence-corrected chi connectivity index (χ3v) is 20.3. The van der Waals surface area contributed by atoms with Crippen molar-refractivity contribution in [1.29, 1.82) is 0 Å². The average molecular weight is 1430 g/mol. The molecule has 0 unspecified atom stereocenters. The lowest BCUT2D eigenvalue weighted by Crippen LogP contribution is -2.63. The van der Waals surface area contributed by atoms with Gasteiger partial charge in [0.05, 0.1) is 30.1 Å². The molecule has 3 N–H and O–H groups in total. The monoisotopic (exact) mass is 1430 g/mol. The van der Waals surface area contributed by atoms with Crippen LogP contribution in [0.2, 0.25) is 10.0 Å². The Balaban J connectivity index is 1.34. The van der Waals surface area contributed by atoms with Crippen LogP contribution in [0.4, 0.5) is 13.2 Å². The zero-order chi connectivity index (χ0) is 73.5. The van der Waals surface area contributed by atoms with Crippen molar-refractivity contribution in [3.8, 4) is 0 Å². The van der Waals surface area contributed by atoms with Crippen LogP contribution in [0.3, 0.4) is 0 Å². The lowest BCUT2D eigenvalue weighted by atomic mass is 9.95. The molecule has 0 radical (unpaired) electrons. The van der Waals surface area contributed by atoms with Crippen molar-refractivity contribution in [3.05, 3.63) is 69.2 Å². The molecule has 0 saturated carbocycles. The molecule has 0 aromatic heterocycles. The normalized spacial score (nSPS) is 25.2. The van der Waals surface area contributed by atoms with E-state index < -0.39 is 167 Å². The molecule has 548 valence electrons.